The summed E-state index contributed by atoms with van der Waals surface area (Å²) in [7, 11) is 0. The summed E-state index contributed by atoms with van der Waals surface area (Å²) >= 11 is 0. The molecule has 1 atom stereocenters. The molecule has 1 aromatic carbocycles. The molecule has 2 N–H and O–H groups in total. The van der Waals surface area contributed by atoms with Gasteiger partial charge < -0.3 is 20.5 Å². The van der Waals surface area contributed by atoms with E-state index in [0.29, 0.717) is 17.0 Å². The molecule has 3 aromatic rings. The third-order valence-electron chi connectivity index (χ3n) is 3.35. The topological polar surface area (TPSA) is 106 Å². The number of anilines is 1. The van der Waals surface area contributed by atoms with Crippen molar-refractivity contribution < 1.29 is 14.4 Å². The Kier molecular flexibility index (Phi) is 3.53. The van der Waals surface area contributed by atoms with Crippen LogP contribution in [-0.4, -0.2) is 24.6 Å². The van der Waals surface area contributed by atoms with Gasteiger partial charge in [-0.05, 0) is 36.1 Å². The quantitative estimate of drug-likeness (QED) is 0.566. The first-order chi connectivity index (χ1) is 11.0. The second-order valence-corrected chi connectivity index (χ2v) is 4.93. The first-order valence-electron chi connectivity index (χ1n) is 6.70. The Morgan fingerprint density at radius 3 is 2.91 bits per heavy atom. The SMILES string of the molecule is CC(Nc1ccc2ncc([N+](=O)[O-])n2n1)c1cc(F)ccc1O. The van der Waals surface area contributed by atoms with Gasteiger partial charge in [0.2, 0.25) is 5.65 Å². The lowest BCUT2D eigenvalue weighted by molar-refractivity contribution is -0.391. The molecule has 0 aliphatic carbocycles. The molecule has 0 saturated carbocycles. The monoisotopic (exact) mass is 317 g/mol. The number of rotatable bonds is 4. The minimum Gasteiger partial charge on any atom is -0.508 e. The van der Waals surface area contributed by atoms with E-state index in [2.05, 4.69) is 15.4 Å². The predicted molar refractivity (Wildman–Crippen MR) is 79.7 cm³/mol. The number of aromatic nitrogens is 3. The van der Waals surface area contributed by atoms with Gasteiger partial charge in [0.1, 0.15) is 17.8 Å². The maximum Gasteiger partial charge on any atom is 0.368 e. The molecule has 0 radical (unpaired) electrons. The van der Waals surface area contributed by atoms with Gasteiger partial charge >= 0.3 is 5.82 Å². The lowest BCUT2D eigenvalue weighted by Gasteiger charge is -2.15. The molecule has 0 amide bonds. The van der Waals surface area contributed by atoms with Crippen molar-refractivity contribution in [2.75, 3.05) is 5.32 Å². The first-order valence-corrected chi connectivity index (χ1v) is 6.70. The van der Waals surface area contributed by atoms with E-state index < -0.39 is 16.8 Å². The second-order valence-electron chi connectivity index (χ2n) is 4.93. The van der Waals surface area contributed by atoms with E-state index >= 15 is 0 Å². The zero-order chi connectivity index (χ0) is 16.6. The van der Waals surface area contributed by atoms with Gasteiger partial charge in [-0.15, -0.1) is 0 Å². The number of hydrogen-bond donors (Lipinski definition) is 2. The van der Waals surface area contributed by atoms with Crippen molar-refractivity contribution in [2.24, 2.45) is 0 Å². The Balaban J connectivity index is 1.93. The Morgan fingerprint density at radius 1 is 1.39 bits per heavy atom. The minimum absolute atomic E-state index is 0.0545. The molecular weight excluding hydrogens is 305 g/mol. The fourth-order valence-electron chi connectivity index (χ4n) is 2.23. The summed E-state index contributed by atoms with van der Waals surface area (Å²) in [4.78, 5) is 14.2. The molecule has 9 heteroatoms. The smallest absolute Gasteiger partial charge is 0.368 e. The Morgan fingerprint density at radius 2 is 2.17 bits per heavy atom. The molecule has 0 bridgehead atoms. The average molecular weight is 317 g/mol. The van der Waals surface area contributed by atoms with Gasteiger partial charge in [0, 0.05) is 11.6 Å². The largest absolute Gasteiger partial charge is 0.508 e. The van der Waals surface area contributed by atoms with Crippen LogP contribution in [0.5, 0.6) is 5.75 Å². The highest BCUT2D eigenvalue weighted by Crippen LogP contribution is 2.27. The maximum absolute atomic E-state index is 13.3. The number of fused-ring (bicyclic) bond motifs is 1. The molecule has 0 saturated heterocycles. The third-order valence-corrected chi connectivity index (χ3v) is 3.35. The fraction of sp³-hybridized carbons (Fsp3) is 0.143. The highest BCUT2D eigenvalue weighted by molar-refractivity contribution is 5.49. The van der Waals surface area contributed by atoms with Gasteiger partial charge in [-0.3, -0.25) is 0 Å². The van der Waals surface area contributed by atoms with Crippen molar-refractivity contribution in [1.82, 2.24) is 14.6 Å². The molecule has 0 aliphatic heterocycles. The summed E-state index contributed by atoms with van der Waals surface area (Å²) in [6.07, 6.45) is 1.12. The van der Waals surface area contributed by atoms with Crippen LogP contribution >= 0.6 is 0 Å². The molecule has 1 unspecified atom stereocenters. The number of nitrogens with one attached hydrogen (secondary N) is 1. The van der Waals surface area contributed by atoms with Crippen LogP contribution in [0.3, 0.4) is 0 Å². The number of phenols is 1. The molecular formula is C14H12FN5O3. The molecule has 0 spiro atoms. The number of nitro groups is 1. The molecule has 2 heterocycles. The van der Waals surface area contributed by atoms with Crippen LogP contribution in [0.2, 0.25) is 0 Å². The van der Waals surface area contributed by atoms with Crippen LogP contribution in [0.25, 0.3) is 5.65 Å². The molecule has 3 rings (SSSR count). The lowest BCUT2D eigenvalue weighted by Crippen LogP contribution is -2.10. The summed E-state index contributed by atoms with van der Waals surface area (Å²) in [5.41, 5.74) is 0.690. The Hall–Kier alpha value is -3.23. The number of benzene rings is 1. The average Bonchev–Trinajstić information content (AvgIpc) is 2.93. The normalized spacial score (nSPS) is 12.3. The highest BCUT2D eigenvalue weighted by atomic mass is 19.1. The number of nitrogens with zero attached hydrogens (tertiary/aromatic N) is 4. The van der Waals surface area contributed by atoms with Crippen molar-refractivity contribution in [3.8, 4) is 5.75 Å². The summed E-state index contributed by atoms with van der Waals surface area (Å²) in [5.74, 6) is -0.458. The van der Waals surface area contributed by atoms with Gasteiger partial charge in [-0.1, -0.05) is 9.61 Å². The zero-order valence-corrected chi connectivity index (χ0v) is 12.0. The Labute approximate surface area is 129 Å². The number of halogens is 1. The summed E-state index contributed by atoms with van der Waals surface area (Å²) in [5, 5.41) is 27.8. The standard InChI is InChI=1S/C14H12FN5O3/c1-8(10-6-9(15)2-3-11(10)21)17-12-4-5-13-16-7-14(20(22)23)19(13)18-12/h2-8,21H,1H3,(H,17,18). The van der Waals surface area contributed by atoms with Crippen LogP contribution in [0.4, 0.5) is 16.0 Å². The first kappa shape index (κ1) is 14.7. The third kappa shape index (κ3) is 2.76. The lowest BCUT2D eigenvalue weighted by atomic mass is 10.1. The molecule has 0 fully saturated rings. The molecule has 0 aliphatic rings. The van der Waals surface area contributed by atoms with Crippen LogP contribution in [-0.2, 0) is 0 Å². The van der Waals surface area contributed by atoms with Crippen LogP contribution < -0.4 is 5.32 Å². The van der Waals surface area contributed by atoms with Crippen LogP contribution in [0, 0.1) is 15.9 Å². The number of aromatic hydroxyl groups is 1. The minimum atomic E-state index is -0.585. The highest BCUT2D eigenvalue weighted by Gasteiger charge is 2.17. The van der Waals surface area contributed by atoms with E-state index in [1.165, 1.54) is 12.1 Å². The van der Waals surface area contributed by atoms with Crippen molar-refractivity contribution in [3.63, 3.8) is 0 Å². The fourth-order valence-corrected chi connectivity index (χ4v) is 2.23. The Bertz CT molecular complexity index is 895. The maximum atomic E-state index is 13.3. The summed E-state index contributed by atoms with van der Waals surface area (Å²) < 4.78 is 14.4. The molecule has 2 aromatic heterocycles. The zero-order valence-electron chi connectivity index (χ0n) is 12.0. The van der Waals surface area contributed by atoms with E-state index in [9.17, 15) is 19.6 Å². The van der Waals surface area contributed by atoms with Crippen molar-refractivity contribution in [1.29, 1.82) is 0 Å². The summed E-state index contributed by atoms with van der Waals surface area (Å²) in [6.45, 7) is 1.71. The van der Waals surface area contributed by atoms with Gasteiger partial charge in [0.25, 0.3) is 0 Å². The number of imidazole rings is 1. The molecule has 23 heavy (non-hydrogen) atoms. The van der Waals surface area contributed by atoms with Crippen LogP contribution in [0.1, 0.15) is 18.5 Å². The van der Waals surface area contributed by atoms with E-state index in [-0.39, 0.29) is 11.6 Å². The van der Waals surface area contributed by atoms with E-state index in [1.807, 2.05) is 0 Å². The van der Waals surface area contributed by atoms with Gasteiger partial charge in [0.05, 0.1) is 6.04 Å². The second kappa shape index (κ2) is 5.52. The van der Waals surface area contributed by atoms with Gasteiger partial charge in [0.15, 0.2) is 5.82 Å². The van der Waals surface area contributed by atoms with E-state index in [0.717, 1.165) is 16.8 Å². The van der Waals surface area contributed by atoms with Crippen molar-refractivity contribution in [3.05, 3.63) is 58.0 Å². The van der Waals surface area contributed by atoms with Gasteiger partial charge in [-0.25, -0.2) is 9.37 Å². The van der Waals surface area contributed by atoms with E-state index in [1.54, 1.807) is 19.1 Å². The predicted octanol–water partition coefficient (Wildman–Crippen LogP) is 2.66. The molecule has 8 nitrogen and oxygen atoms in total. The number of phenolic OH excluding ortho intramolecular Hbond substituents is 1. The van der Waals surface area contributed by atoms with E-state index in [4.69, 9.17) is 0 Å². The molecule has 118 valence electrons. The van der Waals surface area contributed by atoms with Crippen molar-refractivity contribution >= 4 is 17.3 Å². The van der Waals surface area contributed by atoms with Crippen molar-refractivity contribution in [2.45, 2.75) is 13.0 Å². The summed E-state index contributed by atoms with van der Waals surface area (Å²) in [6, 6.07) is 6.34. The number of hydrogen-bond acceptors (Lipinski definition) is 6. The van der Waals surface area contributed by atoms with Gasteiger partial charge in [-0.2, -0.15) is 0 Å². The van der Waals surface area contributed by atoms with Crippen LogP contribution in [0.15, 0.2) is 36.5 Å².